The average Bonchev–Trinajstić information content (AvgIpc) is 2.50. The third kappa shape index (κ3) is 4.63. The van der Waals surface area contributed by atoms with Crippen molar-refractivity contribution in [2.24, 2.45) is 0 Å². The molecule has 0 aliphatic heterocycles. The molecule has 0 aromatic heterocycles. The maximum Gasteiger partial charge on any atom is 0.227 e. The molecule has 3 nitrogen and oxygen atoms in total. The van der Waals surface area contributed by atoms with Gasteiger partial charge in [-0.2, -0.15) is 0 Å². The summed E-state index contributed by atoms with van der Waals surface area (Å²) in [6, 6.07) is 17.6. The van der Waals surface area contributed by atoms with Gasteiger partial charge in [0.25, 0.3) is 0 Å². The monoisotopic (exact) mass is 282 g/mol. The molecule has 0 aliphatic rings. The lowest BCUT2D eigenvalue weighted by Gasteiger charge is -2.22. The molecule has 3 heteroatoms. The number of carbonyl (C=O) groups is 1. The molecule has 0 unspecified atom stereocenters. The number of nitrogens with two attached hydrogens (primary N) is 1. The highest BCUT2D eigenvalue weighted by molar-refractivity contribution is 5.78. The first-order valence-corrected chi connectivity index (χ1v) is 7.35. The summed E-state index contributed by atoms with van der Waals surface area (Å²) >= 11 is 0. The molecule has 0 radical (unpaired) electrons. The molecule has 2 rings (SSSR count). The molecule has 2 N–H and O–H groups in total. The Morgan fingerprint density at radius 3 is 2.29 bits per heavy atom. The topological polar surface area (TPSA) is 46.3 Å². The normalized spacial score (nSPS) is 10.3. The summed E-state index contributed by atoms with van der Waals surface area (Å²) in [5.41, 5.74) is 8.56. The Labute approximate surface area is 126 Å². The summed E-state index contributed by atoms with van der Waals surface area (Å²) < 4.78 is 0. The van der Waals surface area contributed by atoms with Gasteiger partial charge in [-0.05, 0) is 29.7 Å². The van der Waals surface area contributed by atoms with E-state index in [0.29, 0.717) is 13.0 Å². The number of nitrogens with zero attached hydrogens (tertiary/aromatic N) is 1. The summed E-state index contributed by atoms with van der Waals surface area (Å²) in [7, 11) is 0. The van der Waals surface area contributed by atoms with Crippen LogP contribution in [0, 0.1) is 0 Å². The van der Waals surface area contributed by atoms with Gasteiger partial charge >= 0.3 is 0 Å². The number of hydrogen-bond acceptors (Lipinski definition) is 2. The van der Waals surface area contributed by atoms with Crippen molar-refractivity contribution in [2.75, 3.05) is 12.3 Å². The Kier molecular flexibility index (Phi) is 5.38. The minimum atomic E-state index is 0.158. The molecule has 0 saturated heterocycles. The Morgan fingerprint density at radius 1 is 1.00 bits per heavy atom. The van der Waals surface area contributed by atoms with Crippen LogP contribution < -0.4 is 5.73 Å². The van der Waals surface area contributed by atoms with E-state index in [1.54, 1.807) is 0 Å². The van der Waals surface area contributed by atoms with Gasteiger partial charge in [0.2, 0.25) is 5.91 Å². The quantitative estimate of drug-likeness (QED) is 0.827. The number of benzene rings is 2. The van der Waals surface area contributed by atoms with E-state index in [4.69, 9.17) is 5.73 Å². The predicted octanol–water partition coefficient (Wildman–Crippen LogP) is 3.25. The molecule has 0 bridgehead atoms. The maximum atomic E-state index is 12.5. The van der Waals surface area contributed by atoms with Crippen LogP contribution >= 0.6 is 0 Å². The summed E-state index contributed by atoms with van der Waals surface area (Å²) in [5, 5.41) is 0. The third-order valence-corrected chi connectivity index (χ3v) is 3.40. The summed E-state index contributed by atoms with van der Waals surface area (Å²) in [4.78, 5) is 14.4. The lowest BCUT2D eigenvalue weighted by molar-refractivity contribution is -0.131. The van der Waals surface area contributed by atoms with Crippen LogP contribution in [-0.4, -0.2) is 17.4 Å². The van der Waals surface area contributed by atoms with E-state index in [1.807, 2.05) is 47.4 Å². The molecule has 0 saturated carbocycles. The molecule has 21 heavy (non-hydrogen) atoms. The molecule has 0 heterocycles. The van der Waals surface area contributed by atoms with Crippen LogP contribution in [0.2, 0.25) is 0 Å². The van der Waals surface area contributed by atoms with Crippen molar-refractivity contribution in [3.05, 3.63) is 65.7 Å². The summed E-state index contributed by atoms with van der Waals surface area (Å²) in [6.07, 6.45) is 1.38. The summed E-state index contributed by atoms with van der Waals surface area (Å²) in [5.74, 6) is 0.158. The molecule has 2 aromatic rings. The zero-order valence-electron chi connectivity index (χ0n) is 12.5. The van der Waals surface area contributed by atoms with Gasteiger partial charge in [0.1, 0.15) is 0 Å². The van der Waals surface area contributed by atoms with Crippen LogP contribution in [0.4, 0.5) is 5.69 Å². The Hall–Kier alpha value is -2.29. The predicted molar refractivity (Wildman–Crippen MR) is 86.7 cm³/mol. The number of amides is 1. The SMILES string of the molecule is CCCN(Cc1ccccc1)C(=O)Cc1ccc(N)cc1. The average molecular weight is 282 g/mol. The highest BCUT2D eigenvalue weighted by atomic mass is 16.2. The molecule has 0 aliphatic carbocycles. The fourth-order valence-electron chi connectivity index (χ4n) is 2.29. The van der Waals surface area contributed by atoms with Crippen LogP contribution in [0.15, 0.2) is 54.6 Å². The van der Waals surface area contributed by atoms with Crippen molar-refractivity contribution in [3.63, 3.8) is 0 Å². The fraction of sp³-hybridized carbons (Fsp3) is 0.278. The maximum absolute atomic E-state index is 12.5. The van der Waals surface area contributed by atoms with Gasteiger partial charge in [0, 0.05) is 18.8 Å². The van der Waals surface area contributed by atoms with E-state index in [9.17, 15) is 4.79 Å². The first-order valence-electron chi connectivity index (χ1n) is 7.35. The van der Waals surface area contributed by atoms with Crippen LogP contribution in [0.25, 0.3) is 0 Å². The first kappa shape index (κ1) is 15.1. The van der Waals surface area contributed by atoms with E-state index < -0.39 is 0 Å². The van der Waals surface area contributed by atoms with Crippen LogP contribution in [-0.2, 0) is 17.8 Å². The van der Waals surface area contributed by atoms with E-state index >= 15 is 0 Å². The van der Waals surface area contributed by atoms with Crippen LogP contribution in [0.5, 0.6) is 0 Å². The molecule has 0 atom stereocenters. The fourth-order valence-corrected chi connectivity index (χ4v) is 2.29. The molecule has 2 aromatic carbocycles. The Balaban J connectivity index is 2.03. The van der Waals surface area contributed by atoms with E-state index in [-0.39, 0.29) is 5.91 Å². The van der Waals surface area contributed by atoms with Gasteiger partial charge < -0.3 is 10.6 Å². The molecule has 1 amide bonds. The van der Waals surface area contributed by atoms with Gasteiger partial charge in [0.15, 0.2) is 0 Å². The molecule has 110 valence electrons. The van der Waals surface area contributed by atoms with Crippen LogP contribution in [0.3, 0.4) is 0 Å². The smallest absolute Gasteiger partial charge is 0.227 e. The van der Waals surface area contributed by atoms with Crippen molar-refractivity contribution in [1.29, 1.82) is 0 Å². The largest absolute Gasteiger partial charge is 0.399 e. The standard InChI is InChI=1S/C18H22N2O/c1-2-12-20(14-16-6-4-3-5-7-16)18(21)13-15-8-10-17(19)11-9-15/h3-11H,2,12-14,19H2,1H3. The second-order valence-electron chi connectivity index (χ2n) is 5.22. The van der Waals surface area contributed by atoms with Crippen LogP contribution in [0.1, 0.15) is 24.5 Å². The lowest BCUT2D eigenvalue weighted by Crippen LogP contribution is -2.32. The highest BCUT2D eigenvalue weighted by Gasteiger charge is 2.13. The zero-order valence-corrected chi connectivity index (χ0v) is 12.5. The Morgan fingerprint density at radius 2 is 1.67 bits per heavy atom. The molecular weight excluding hydrogens is 260 g/mol. The second-order valence-corrected chi connectivity index (χ2v) is 5.22. The van der Waals surface area contributed by atoms with Gasteiger partial charge in [-0.1, -0.05) is 49.4 Å². The minimum Gasteiger partial charge on any atom is -0.399 e. The lowest BCUT2D eigenvalue weighted by atomic mass is 10.1. The van der Waals surface area contributed by atoms with Gasteiger partial charge in [-0.3, -0.25) is 4.79 Å². The van der Waals surface area contributed by atoms with E-state index in [1.165, 1.54) is 0 Å². The van der Waals surface area contributed by atoms with Crippen molar-refractivity contribution in [1.82, 2.24) is 4.90 Å². The minimum absolute atomic E-state index is 0.158. The van der Waals surface area contributed by atoms with Gasteiger partial charge in [-0.15, -0.1) is 0 Å². The first-order chi connectivity index (χ1) is 10.2. The summed E-state index contributed by atoms with van der Waals surface area (Å²) in [6.45, 7) is 3.54. The van der Waals surface area contributed by atoms with Gasteiger partial charge in [0.05, 0.1) is 6.42 Å². The van der Waals surface area contributed by atoms with Crippen molar-refractivity contribution >= 4 is 11.6 Å². The number of nitrogen functional groups attached to an aromatic ring is 1. The number of rotatable bonds is 6. The number of hydrogen-bond donors (Lipinski definition) is 1. The number of anilines is 1. The molecule has 0 fully saturated rings. The zero-order chi connectivity index (χ0) is 15.1. The van der Waals surface area contributed by atoms with E-state index in [2.05, 4.69) is 19.1 Å². The Bertz CT molecular complexity index is 564. The third-order valence-electron chi connectivity index (χ3n) is 3.40. The van der Waals surface area contributed by atoms with Crippen molar-refractivity contribution < 1.29 is 4.79 Å². The number of carbonyl (C=O) groups excluding carboxylic acids is 1. The molecule has 0 spiro atoms. The van der Waals surface area contributed by atoms with E-state index in [0.717, 1.165) is 29.8 Å². The van der Waals surface area contributed by atoms with Crippen molar-refractivity contribution in [2.45, 2.75) is 26.3 Å². The second kappa shape index (κ2) is 7.48. The van der Waals surface area contributed by atoms with Gasteiger partial charge in [-0.25, -0.2) is 0 Å². The molecular formula is C18H22N2O. The van der Waals surface area contributed by atoms with Crippen molar-refractivity contribution in [3.8, 4) is 0 Å². The highest BCUT2D eigenvalue weighted by Crippen LogP contribution is 2.11.